The Morgan fingerprint density at radius 3 is 2.74 bits per heavy atom. The van der Waals surface area contributed by atoms with E-state index in [9.17, 15) is 10.2 Å². The van der Waals surface area contributed by atoms with Crippen molar-refractivity contribution >= 4 is 11.5 Å². The zero-order valence-corrected chi connectivity index (χ0v) is 9.79. The van der Waals surface area contributed by atoms with Gasteiger partial charge in [-0.05, 0) is 12.1 Å². The van der Waals surface area contributed by atoms with E-state index in [-0.39, 0.29) is 11.6 Å². The number of ether oxygens (including phenoxy) is 1. The Bertz CT molecular complexity index is 603. The lowest BCUT2D eigenvalue weighted by molar-refractivity contribution is -0.0258. The van der Waals surface area contributed by atoms with Crippen molar-refractivity contribution in [3.05, 3.63) is 18.0 Å². The van der Waals surface area contributed by atoms with Gasteiger partial charge in [0.2, 0.25) is 0 Å². The molecule has 1 fully saturated rings. The first-order valence-electron chi connectivity index (χ1n) is 5.72. The molecule has 1 saturated heterocycles. The summed E-state index contributed by atoms with van der Waals surface area (Å²) in [5.41, 5.74) is 6.03. The minimum atomic E-state index is -1.22. The molecule has 0 bridgehead atoms. The van der Waals surface area contributed by atoms with E-state index < -0.39 is 31.0 Å². The molecule has 5 N–H and O–H groups in total. The van der Waals surface area contributed by atoms with Crippen LogP contribution in [0.5, 0.6) is 0 Å². The second-order valence-corrected chi connectivity index (χ2v) is 4.35. The summed E-state index contributed by atoms with van der Waals surface area (Å²) in [6, 6.07) is 3.20. The van der Waals surface area contributed by atoms with Crippen molar-refractivity contribution in [2.75, 3.05) is 12.3 Å². The van der Waals surface area contributed by atoms with Gasteiger partial charge in [-0.2, -0.15) is 4.52 Å². The van der Waals surface area contributed by atoms with E-state index in [1.807, 2.05) is 0 Å². The number of fused-ring (bicyclic) bond motifs is 1. The molecule has 4 atom stereocenters. The summed E-state index contributed by atoms with van der Waals surface area (Å²) in [6.07, 6.45) is -4.19. The van der Waals surface area contributed by atoms with Gasteiger partial charge in [0.15, 0.2) is 11.5 Å². The fourth-order valence-corrected chi connectivity index (χ4v) is 2.11. The van der Waals surface area contributed by atoms with Crippen molar-refractivity contribution in [1.29, 1.82) is 0 Å². The Morgan fingerprint density at radius 1 is 1.26 bits per heavy atom. The van der Waals surface area contributed by atoms with Gasteiger partial charge < -0.3 is 25.8 Å². The summed E-state index contributed by atoms with van der Waals surface area (Å²) in [5, 5.41) is 40.5. The molecule has 1 aliphatic heterocycles. The minimum Gasteiger partial charge on any atom is -0.394 e. The van der Waals surface area contributed by atoms with Gasteiger partial charge in [0, 0.05) is 0 Å². The molecule has 0 spiro atoms. The Morgan fingerprint density at radius 2 is 2.05 bits per heavy atom. The molecule has 0 aromatic carbocycles. The van der Waals surface area contributed by atoms with E-state index in [0.29, 0.717) is 5.65 Å². The third-order valence-corrected chi connectivity index (χ3v) is 3.10. The molecule has 3 heterocycles. The largest absolute Gasteiger partial charge is 0.394 e. The minimum absolute atomic E-state index is 0.227. The van der Waals surface area contributed by atoms with Crippen LogP contribution >= 0.6 is 0 Å². The van der Waals surface area contributed by atoms with Gasteiger partial charge in [-0.15, -0.1) is 15.3 Å². The predicted molar refractivity (Wildman–Crippen MR) is 61.9 cm³/mol. The molecule has 0 aliphatic carbocycles. The van der Waals surface area contributed by atoms with Crippen LogP contribution in [0, 0.1) is 0 Å². The number of hydrogen-bond donors (Lipinski definition) is 4. The van der Waals surface area contributed by atoms with Gasteiger partial charge in [-0.25, -0.2) is 0 Å². The lowest BCUT2D eigenvalue weighted by Crippen LogP contribution is -2.32. The molecule has 0 unspecified atom stereocenters. The van der Waals surface area contributed by atoms with Gasteiger partial charge in [0.05, 0.1) is 6.61 Å². The Hall–Kier alpha value is -1.81. The second-order valence-electron chi connectivity index (χ2n) is 4.35. The zero-order valence-electron chi connectivity index (χ0n) is 9.79. The lowest BCUT2D eigenvalue weighted by atomic mass is 10.1. The van der Waals surface area contributed by atoms with Gasteiger partial charge in [0.1, 0.15) is 30.2 Å². The number of aliphatic hydroxyl groups is 3. The smallest absolute Gasteiger partial charge is 0.186 e. The molecule has 2 aromatic heterocycles. The van der Waals surface area contributed by atoms with Crippen LogP contribution in [0.2, 0.25) is 0 Å². The van der Waals surface area contributed by atoms with Gasteiger partial charge in [0.25, 0.3) is 0 Å². The number of rotatable bonds is 2. The van der Waals surface area contributed by atoms with Crippen molar-refractivity contribution in [2.45, 2.75) is 24.4 Å². The number of anilines is 1. The van der Waals surface area contributed by atoms with Crippen molar-refractivity contribution < 1.29 is 20.1 Å². The van der Waals surface area contributed by atoms with Gasteiger partial charge in [-0.3, -0.25) is 0 Å². The summed E-state index contributed by atoms with van der Waals surface area (Å²) in [6.45, 7) is -0.402. The Balaban J connectivity index is 2.03. The quantitative estimate of drug-likeness (QED) is 0.483. The zero-order chi connectivity index (χ0) is 13.6. The molecule has 19 heavy (non-hydrogen) atoms. The highest BCUT2D eigenvalue weighted by Gasteiger charge is 2.45. The maximum atomic E-state index is 9.93. The number of nitrogens with zero attached hydrogens (tertiary/aromatic N) is 4. The predicted octanol–water partition coefficient (Wildman–Crippen LogP) is -2.14. The number of nitrogens with two attached hydrogens (primary N) is 1. The monoisotopic (exact) mass is 267 g/mol. The maximum absolute atomic E-state index is 9.93. The third kappa shape index (κ3) is 1.83. The van der Waals surface area contributed by atoms with E-state index >= 15 is 0 Å². The molecule has 0 saturated carbocycles. The van der Waals surface area contributed by atoms with Crippen molar-refractivity contribution in [1.82, 2.24) is 19.8 Å². The average Bonchev–Trinajstić information content (AvgIpc) is 2.92. The van der Waals surface area contributed by atoms with Crippen LogP contribution in [0.1, 0.15) is 11.9 Å². The molecule has 3 rings (SSSR count). The fourth-order valence-electron chi connectivity index (χ4n) is 2.11. The van der Waals surface area contributed by atoms with Gasteiger partial charge >= 0.3 is 0 Å². The number of aliphatic hydroxyl groups excluding tert-OH is 3. The summed E-state index contributed by atoms with van der Waals surface area (Å²) < 4.78 is 6.72. The average molecular weight is 267 g/mol. The topological polar surface area (TPSA) is 139 Å². The summed E-state index contributed by atoms with van der Waals surface area (Å²) >= 11 is 0. The maximum Gasteiger partial charge on any atom is 0.186 e. The van der Waals surface area contributed by atoms with Crippen LogP contribution in [-0.4, -0.2) is 60.0 Å². The number of hydrogen-bond acceptors (Lipinski definition) is 8. The second kappa shape index (κ2) is 4.38. The SMILES string of the molecule is Nc1ccc2nnc([C@@H]3O[C@H](CO)[C@@H](O)[C@H]3O)n2n1. The molecule has 9 heteroatoms. The molecule has 102 valence electrons. The summed E-state index contributed by atoms with van der Waals surface area (Å²) in [7, 11) is 0. The number of aromatic nitrogens is 4. The fraction of sp³-hybridized carbons (Fsp3) is 0.500. The molecule has 2 aromatic rings. The third-order valence-electron chi connectivity index (χ3n) is 3.10. The Labute approximate surface area is 107 Å². The van der Waals surface area contributed by atoms with Crippen LogP contribution in [0.3, 0.4) is 0 Å². The van der Waals surface area contributed by atoms with Crippen molar-refractivity contribution in [2.24, 2.45) is 0 Å². The van der Waals surface area contributed by atoms with Gasteiger partial charge in [-0.1, -0.05) is 0 Å². The highest BCUT2D eigenvalue weighted by atomic mass is 16.6. The lowest BCUT2D eigenvalue weighted by Gasteiger charge is -2.12. The van der Waals surface area contributed by atoms with Crippen LogP contribution in [0.25, 0.3) is 5.65 Å². The Kier molecular flexibility index (Phi) is 2.82. The van der Waals surface area contributed by atoms with E-state index in [1.54, 1.807) is 12.1 Å². The van der Waals surface area contributed by atoms with Crippen LogP contribution in [-0.2, 0) is 4.74 Å². The summed E-state index contributed by atoms with van der Waals surface area (Å²) in [5.74, 6) is 0.491. The molecular formula is C10H13N5O4. The molecule has 0 amide bonds. The molecule has 1 aliphatic rings. The van der Waals surface area contributed by atoms with Crippen LogP contribution in [0.4, 0.5) is 5.82 Å². The van der Waals surface area contributed by atoms with E-state index in [4.69, 9.17) is 15.6 Å². The van der Waals surface area contributed by atoms with Crippen molar-refractivity contribution in [3.63, 3.8) is 0 Å². The van der Waals surface area contributed by atoms with Crippen LogP contribution in [0.15, 0.2) is 12.1 Å². The molecule has 0 radical (unpaired) electrons. The van der Waals surface area contributed by atoms with Crippen molar-refractivity contribution in [3.8, 4) is 0 Å². The normalized spacial score (nSPS) is 31.1. The first kappa shape index (κ1) is 12.2. The van der Waals surface area contributed by atoms with Crippen LogP contribution < -0.4 is 5.73 Å². The summed E-state index contributed by atoms with van der Waals surface area (Å²) in [4.78, 5) is 0. The number of nitrogen functional groups attached to an aromatic ring is 1. The highest BCUT2D eigenvalue weighted by molar-refractivity contribution is 5.41. The molecular weight excluding hydrogens is 254 g/mol. The first-order chi connectivity index (χ1) is 9.11. The van der Waals surface area contributed by atoms with E-state index in [2.05, 4.69) is 15.3 Å². The molecule has 9 nitrogen and oxygen atoms in total. The van der Waals surface area contributed by atoms with E-state index in [0.717, 1.165) is 0 Å². The standard InChI is InChI=1S/C10H13N5O4/c11-5-1-2-6-12-13-10(15(6)14-5)9-8(18)7(17)4(3-16)19-9/h1-2,4,7-9,16-18H,3H2,(H2,11,14)/t4-,7-,8-,9-/m1/s1. The first-order valence-corrected chi connectivity index (χ1v) is 5.72. The van der Waals surface area contributed by atoms with E-state index in [1.165, 1.54) is 4.52 Å². The highest BCUT2D eigenvalue weighted by Crippen LogP contribution is 2.32.